The van der Waals surface area contributed by atoms with Crippen molar-refractivity contribution in [1.29, 1.82) is 0 Å². The first kappa shape index (κ1) is 26.2. The summed E-state index contributed by atoms with van der Waals surface area (Å²) < 4.78 is 0. The van der Waals surface area contributed by atoms with Crippen LogP contribution in [0.2, 0.25) is 5.02 Å². The van der Waals surface area contributed by atoms with Gasteiger partial charge >= 0.3 is 0 Å². The maximum Gasteiger partial charge on any atom is 0.242 e. The van der Waals surface area contributed by atoms with Gasteiger partial charge in [0.1, 0.15) is 5.25 Å². The van der Waals surface area contributed by atoms with Gasteiger partial charge in [0.25, 0.3) is 0 Å². The molecule has 1 N–H and O–H groups in total. The van der Waals surface area contributed by atoms with E-state index < -0.39 is 5.25 Å². The van der Waals surface area contributed by atoms with Gasteiger partial charge < -0.3 is 5.32 Å². The van der Waals surface area contributed by atoms with Crippen LogP contribution < -0.4 is 5.32 Å². The highest BCUT2D eigenvalue weighted by atomic mass is 35.5. The van der Waals surface area contributed by atoms with Crippen molar-refractivity contribution >= 4 is 62.5 Å². The fourth-order valence-electron chi connectivity index (χ4n) is 4.32. The highest BCUT2D eigenvalue weighted by Crippen LogP contribution is 2.36. The van der Waals surface area contributed by atoms with Crippen LogP contribution in [0.25, 0.3) is 10.8 Å². The van der Waals surface area contributed by atoms with E-state index in [9.17, 15) is 9.59 Å². The Kier molecular flexibility index (Phi) is 8.37. The van der Waals surface area contributed by atoms with E-state index in [0.29, 0.717) is 21.8 Å². The molecule has 2 amide bonds. The fourth-order valence-corrected chi connectivity index (χ4v) is 5.74. The summed E-state index contributed by atoms with van der Waals surface area (Å²) in [6.07, 6.45) is 1.95. The van der Waals surface area contributed by atoms with Crippen LogP contribution in [0.3, 0.4) is 0 Å². The number of thioether (sulfide) groups is 1. The molecule has 1 aliphatic heterocycles. The third-order valence-corrected chi connectivity index (χ3v) is 8.03. The molecule has 188 valence electrons. The molecule has 1 saturated heterocycles. The number of carbonyl (C=O) groups excluding carboxylic acids is 2. The van der Waals surface area contributed by atoms with Crippen LogP contribution in [-0.2, 0) is 9.59 Å². The lowest BCUT2D eigenvalue weighted by Crippen LogP contribution is -2.40. The van der Waals surface area contributed by atoms with Crippen molar-refractivity contribution in [3.63, 3.8) is 0 Å². The predicted octanol–water partition coefficient (Wildman–Crippen LogP) is 7.59. The van der Waals surface area contributed by atoms with Crippen LogP contribution in [0.5, 0.6) is 0 Å². The van der Waals surface area contributed by atoms with Gasteiger partial charge in [-0.2, -0.15) is 0 Å². The molecule has 1 heterocycles. The lowest BCUT2D eigenvalue weighted by molar-refractivity contribution is -0.129. The summed E-state index contributed by atoms with van der Waals surface area (Å²) in [4.78, 5) is 33.3. The number of amidine groups is 1. The summed E-state index contributed by atoms with van der Waals surface area (Å²) in [5.41, 5.74) is 2.29. The van der Waals surface area contributed by atoms with E-state index in [-0.39, 0.29) is 24.3 Å². The van der Waals surface area contributed by atoms with Crippen LogP contribution in [0.4, 0.5) is 11.4 Å². The van der Waals surface area contributed by atoms with Crippen molar-refractivity contribution in [1.82, 2.24) is 4.90 Å². The quantitative estimate of drug-likeness (QED) is 0.332. The summed E-state index contributed by atoms with van der Waals surface area (Å²) >= 11 is 7.58. The van der Waals surface area contributed by atoms with Crippen LogP contribution in [0, 0.1) is 12.8 Å². The second-order valence-corrected chi connectivity index (χ2v) is 11.3. The Balaban J connectivity index is 1.60. The van der Waals surface area contributed by atoms with E-state index in [1.807, 2.05) is 43.3 Å². The summed E-state index contributed by atoms with van der Waals surface area (Å²) in [6, 6.07) is 19.5. The number of rotatable bonds is 8. The Labute approximate surface area is 222 Å². The fraction of sp³-hybridized carbons (Fsp3) is 0.345. The molecule has 0 radical (unpaired) electrons. The number of aliphatic imine (C=N–C) groups is 1. The number of nitrogens with one attached hydrogen (secondary N) is 1. The molecular formula is C29H32ClN3O2S. The van der Waals surface area contributed by atoms with Gasteiger partial charge in [0.2, 0.25) is 11.8 Å². The number of hydrogen-bond donors (Lipinski definition) is 1. The summed E-state index contributed by atoms with van der Waals surface area (Å²) in [5.74, 6) is 0.263. The van der Waals surface area contributed by atoms with Gasteiger partial charge in [0.05, 0.1) is 5.69 Å². The van der Waals surface area contributed by atoms with Gasteiger partial charge in [0.15, 0.2) is 5.17 Å². The van der Waals surface area contributed by atoms with E-state index in [2.05, 4.69) is 38.2 Å². The van der Waals surface area contributed by atoms with Gasteiger partial charge in [-0.1, -0.05) is 79.7 Å². The summed E-state index contributed by atoms with van der Waals surface area (Å²) in [7, 11) is 0. The number of amides is 2. The van der Waals surface area contributed by atoms with Crippen molar-refractivity contribution < 1.29 is 9.59 Å². The molecule has 0 unspecified atom stereocenters. The van der Waals surface area contributed by atoms with Crippen LogP contribution >= 0.6 is 23.4 Å². The Morgan fingerprint density at radius 2 is 1.78 bits per heavy atom. The third-order valence-electron chi connectivity index (χ3n) is 6.46. The molecule has 3 aromatic carbocycles. The lowest BCUT2D eigenvalue weighted by atomic mass is 10.0. The first-order valence-corrected chi connectivity index (χ1v) is 13.6. The summed E-state index contributed by atoms with van der Waals surface area (Å²) in [6.45, 7) is 8.30. The van der Waals surface area contributed by atoms with Gasteiger partial charge in [-0.25, -0.2) is 4.99 Å². The second kappa shape index (κ2) is 11.5. The van der Waals surface area contributed by atoms with Crippen molar-refractivity contribution in [2.75, 3.05) is 5.32 Å². The number of fused-ring (bicyclic) bond motifs is 1. The molecule has 0 bridgehead atoms. The molecule has 3 aromatic rings. The number of halogens is 1. The first-order valence-electron chi connectivity index (χ1n) is 12.4. The largest absolute Gasteiger partial charge is 0.326 e. The van der Waals surface area contributed by atoms with Gasteiger partial charge in [-0.05, 0) is 61.8 Å². The molecule has 0 saturated carbocycles. The third kappa shape index (κ3) is 5.93. The normalized spacial score (nSPS) is 17.8. The SMILES string of the molecule is Cc1c(Cl)cccc1NC(=O)C[C@H]1SC(=Nc2cccc3ccccc23)N([C@H](C)CCC(C)C)C1=O. The van der Waals surface area contributed by atoms with Crippen LogP contribution in [0.1, 0.15) is 45.6 Å². The Hall–Kier alpha value is -2.83. The maximum absolute atomic E-state index is 13.6. The predicted molar refractivity (Wildman–Crippen MR) is 152 cm³/mol. The summed E-state index contributed by atoms with van der Waals surface area (Å²) in [5, 5.41) is 5.78. The van der Waals surface area contributed by atoms with Crippen molar-refractivity contribution in [3.05, 3.63) is 71.2 Å². The van der Waals surface area contributed by atoms with E-state index in [1.165, 1.54) is 11.8 Å². The molecule has 0 aromatic heterocycles. The monoisotopic (exact) mass is 521 g/mol. The zero-order valence-corrected chi connectivity index (χ0v) is 22.7. The van der Waals surface area contributed by atoms with Gasteiger partial charge in [0, 0.05) is 28.6 Å². The number of benzene rings is 3. The molecule has 2 atom stereocenters. The van der Waals surface area contributed by atoms with Crippen molar-refractivity contribution in [3.8, 4) is 0 Å². The second-order valence-electron chi connectivity index (χ2n) is 9.69. The molecule has 36 heavy (non-hydrogen) atoms. The molecule has 0 aliphatic carbocycles. The lowest BCUT2D eigenvalue weighted by Gasteiger charge is -2.25. The zero-order chi connectivity index (χ0) is 25.8. The number of nitrogens with zero attached hydrogens (tertiary/aromatic N) is 2. The first-order chi connectivity index (χ1) is 17.2. The number of hydrogen-bond acceptors (Lipinski definition) is 4. The number of anilines is 1. The van der Waals surface area contributed by atoms with Crippen LogP contribution in [-0.4, -0.2) is 33.2 Å². The Bertz CT molecular complexity index is 1300. The molecule has 4 rings (SSSR count). The molecule has 1 aliphatic rings. The number of carbonyl (C=O) groups is 2. The smallest absolute Gasteiger partial charge is 0.242 e. The highest BCUT2D eigenvalue weighted by Gasteiger charge is 2.41. The van der Waals surface area contributed by atoms with E-state index >= 15 is 0 Å². The van der Waals surface area contributed by atoms with Crippen molar-refractivity contribution in [2.45, 2.75) is 58.2 Å². The van der Waals surface area contributed by atoms with Gasteiger partial charge in [-0.3, -0.25) is 14.5 Å². The zero-order valence-electron chi connectivity index (χ0n) is 21.1. The highest BCUT2D eigenvalue weighted by molar-refractivity contribution is 8.15. The van der Waals surface area contributed by atoms with E-state index in [0.717, 1.165) is 34.9 Å². The Morgan fingerprint density at radius 3 is 2.56 bits per heavy atom. The van der Waals surface area contributed by atoms with Crippen molar-refractivity contribution in [2.24, 2.45) is 10.9 Å². The molecule has 0 spiro atoms. The minimum Gasteiger partial charge on any atom is -0.326 e. The topological polar surface area (TPSA) is 61.8 Å². The minimum atomic E-state index is -0.528. The van der Waals surface area contributed by atoms with Crippen LogP contribution in [0.15, 0.2) is 65.7 Å². The van der Waals surface area contributed by atoms with Gasteiger partial charge in [-0.15, -0.1) is 0 Å². The standard InChI is InChI=1S/C29H32ClN3O2S/c1-18(2)15-16-19(3)33-28(35)26(17-27(34)31-24-13-8-12-23(30)20(24)4)36-29(33)32-25-14-7-10-21-9-5-6-11-22(21)25/h5-14,18-19,26H,15-17H2,1-4H3,(H,31,34)/t19-,26-/m1/s1. The molecular weight excluding hydrogens is 490 g/mol. The average Bonchev–Trinajstić information content (AvgIpc) is 3.15. The maximum atomic E-state index is 13.6. The van der Waals surface area contributed by atoms with E-state index in [4.69, 9.17) is 16.6 Å². The van der Waals surface area contributed by atoms with E-state index in [1.54, 1.807) is 17.0 Å². The Morgan fingerprint density at radius 1 is 1.06 bits per heavy atom. The molecule has 1 fully saturated rings. The molecule has 7 heteroatoms. The minimum absolute atomic E-state index is 0.00985. The molecule has 5 nitrogen and oxygen atoms in total. The average molecular weight is 522 g/mol.